The maximum absolute atomic E-state index is 13.1. The Bertz CT molecular complexity index is 938. The molecular weight excluding hydrogens is 398 g/mol. The fourth-order valence-corrected chi connectivity index (χ4v) is 3.94. The maximum atomic E-state index is 13.1. The number of carbonyl (C=O) groups is 1. The van der Waals surface area contributed by atoms with E-state index in [0.29, 0.717) is 19.6 Å². The summed E-state index contributed by atoms with van der Waals surface area (Å²) < 4.78 is 5.49. The Morgan fingerprint density at radius 1 is 0.933 bits per heavy atom. The van der Waals surface area contributed by atoms with Gasteiger partial charge in [-0.2, -0.15) is 0 Å². The molecular formula is C24H26ClN3O2. The highest BCUT2D eigenvalue weighted by atomic mass is 35.5. The molecule has 1 amide bonds. The number of amides is 1. The van der Waals surface area contributed by atoms with E-state index in [9.17, 15) is 4.79 Å². The molecule has 2 heterocycles. The molecule has 156 valence electrons. The molecule has 5 nitrogen and oxygen atoms in total. The van der Waals surface area contributed by atoms with E-state index in [1.807, 2.05) is 65.6 Å². The molecule has 0 spiro atoms. The van der Waals surface area contributed by atoms with Crippen LogP contribution in [0.2, 0.25) is 5.02 Å². The Labute approximate surface area is 182 Å². The molecule has 0 bridgehead atoms. The summed E-state index contributed by atoms with van der Waals surface area (Å²) in [4.78, 5) is 19.6. The first-order chi connectivity index (χ1) is 14.7. The molecule has 3 aromatic rings. The van der Waals surface area contributed by atoms with Crippen molar-refractivity contribution in [3.05, 3.63) is 89.3 Å². The zero-order valence-electron chi connectivity index (χ0n) is 16.9. The number of rotatable bonds is 7. The minimum atomic E-state index is 0.117. The molecule has 1 aliphatic rings. The van der Waals surface area contributed by atoms with E-state index in [1.54, 1.807) is 6.26 Å². The van der Waals surface area contributed by atoms with Gasteiger partial charge in [0.2, 0.25) is 5.91 Å². The second kappa shape index (κ2) is 9.83. The molecule has 30 heavy (non-hydrogen) atoms. The first-order valence-electron chi connectivity index (χ1n) is 10.2. The van der Waals surface area contributed by atoms with E-state index in [-0.39, 0.29) is 5.91 Å². The number of carbonyl (C=O) groups excluding carboxylic acids is 1. The summed E-state index contributed by atoms with van der Waals surface area (Å²) in [5.41, 5.74) is 2.25. The standard InChI is InChI=1S/C24H26ClN3O2/c25-21-8-4-9-22(16-21)27-13-11-26(12-14-27)19-24(29)28(18-23-10-5-15-30-23)17-20-6-2-1-3-7-20/h1-10,15-16H,11-14,17-19H2. The van der Waals surface area contributed by atoms with Crippen molar-refractivity contribution < 1.29 is 9.21 Å². The number of furan rings is 1. The second-order valence-electron chi connectivity index (χ2n) is 7.56. The maximum Gasteiger partial charge on any atom is 0.237 e. The van der Waals surface area contributed by atoms with E-state index in [4.69, 9.17) is 16.0 Å². The van der Waals surface area contributed by atoms with Gasteiger partial charge in [-0.3, -0.25) is 9.69 Å². The van der Waals surface area contributed by atoms with Crippen molar-refractivity contribution >= 4 is 23.2 Å². The Morgan fingerprint density at radius 2 is 1.73 bits per heavy atom. The van der Waals surface area contributed by atoms with Gasteiger partial charge in [0.15, 0.2) is 0 Å². The van der Waals surface area contributed by atoms with Gasteiger partial charge in [0.05, 0.1) is 19.4 Å². The second-order valence-corrected chi connectivity index (χ2v) is 7.99. The van der Waals surface area contributed by atoms with Crippen LogP contribution >= 0.6 is 11.6 Å². The van der Waals surface area contributed by atoms with Crippen molar-refractivity contribution in [1.29, 1.82) is 0 Å². The number of anilines is 1. The summed E-state index contributed by atoms with van der Waals surface area (Å²) in [6, 6.07) is 21.8. The highest BCUT2D eigenvalue weighted by Gasteiger charge is 2.23. The van der Waals surface area contributed by atoms with Crippen LogP contribution in [0.4, 0.5) is 5.69 Å². The summed E-state index contributed by atoms with van der Waals surface area (Å²) in [6.07, 6.45) is 1.65. The summed E-state index contributed by atoms with van der Waals surface area (Å²) in [5, 5.41) is 0.750. The fraction of sp³-hybridized carbons (Fsp3) is 0.292. The number of nitrogens with zero attached hydrogens (tertiary/aromatic N) is 3. The van der Waals surface area contributed by atoms with Crippen LogP contribution in [-0.4, -0.2) is 48.4 Å². The third-order valence-electron chi connectivity index (χ3n) is 5.40. The largest absolute Gasteiger partial charge is 0.467 e. The third kappa shape index (κ3) is 5.43. The van der Waals surface area contributed by atoms with Crippen molar-refractivity contribution in [1.82, 2.24) is 9.80 Å². The summed E-state index contributed by atoms with van der Waals surface area (Å²) in [7, 11) is 0. The quantitative estimate of drug-likeness (QED) is 0.568. The molecule has 1 aromatic heterocycles. The monoisotopic (exact) mass is 423 g/mol. The number of piperazine rings is 1. The van der Waals surface area contributed by atoms with Gasteiger partial charge >= 0.3 is 0 Å². The van der Waals surface area contributed by atoms with Gasteiger partial charge in [-0.1, -0.05) is 48.0 Å². The highest BCUT2D eigenvalue weighted by molar-refractivity contribution is 6.30. The topological polar surface area (TPSA) is 39.9 Å². The van der Waals surface area contributed by atoms with Crippen molar-refractivity contribution in [2.75, 3.05) is 37.6 Å². The van der Waals surface area contributed by atoms with Crippen molar-refractivity contribution in [3.8, 4) is 0 Å². The molecule has 0 atom stereocenters. The molecule has 1 fully saturated rings. The number of halogens is 1. The first-order valence-corrected chi connectivity index (χ1v) is 10.6. The van der Waals surface area contributed by atoms with Crippen molar-refractivity contribution in [2.24, 2.45) is 0 Å². The molecule has 0 radical (unpaired) electrons. The Kier molecular flexibility index (Phi) is 6.72. The van der Waals surface area contributed by atoms with Crippen LogP contribution in [-0.2, 0) is 17.9 Å². The van der Waals surface area contributed by atoms with Gasteiger partial charge < -0.3 is 14.2 Å². The molecule has 0 unspecified atom stereocenters. The van der Waals surface area contributed by atoms with Crippen LogP contribution in [0.25, 0.3) is 0 Å². The van der Waals surface area contributed by atoms with Crippen LogP contribution in [0.3, 0.4) is 0 Å². The number of benzene rings is 2. The third-order valence-corrected chi connectivity index (χ3v) is 5.64. The van der Waals surface area contributed by atoms with E-state index >= 15 is 0 Å². The van der Waals surface area contributed by atoms with E-state index < -0.39 is 0 Å². The fourth-order valence-electron chi connectivity index (χ4n) is 3.76. The highest BCUT2D eigenvalue weighted by Crippen LogP contribution is 2.21. The number of hydrogen-bond acceptors (Lipinski definition) is 4. The molecule has 1 saturated heterocycles. The van der Waals surface area contributed by atoms with Gasteiger partial charge in [-0.05, 0) is 35.9 Å². The van der Waals surface area contributed by atoms with Gasteiger partial charge in [0.25, 0.3) is 0 Å². The Morgan fingerprint density at radius 3 is 2.43 bits per heavy atom. The zero-order valence-corrected chi connectivity index (χ0v) is 17.7. The predicted octanol–water partition coefficient (Wildman–Crippen LogP) is 4.28. The number of hydrogen-bond donors (Lipinski definition) is 0. The van der Waals surface area contributed by atoms with Gasteiger partial charge in [0.1, 0.15) is 5.76 Å². The lowest BCUT2D eigenvalue weighted by Crippen LogP contribution is -2.50. The van der Waals surface area contributed by atoms with Crippen molar-refractivity contribution in [3.63, 3.8) is 0 Å². The van der Waals surface area contributed by atoms with E-state index in [2.05, 4.69) is 15.9 Å². The zero-order chi connectivity index (χ0) is 20.8. The Balaban J connectivity index is 1.36. The van der Waals surface area contributed by atoms with Crippen LogP contribution < -0.4 is 4.90 Å². The van der Waals surface area contributed by atoms with Gasteiger partial charge in [-0.15, -0.1) is 0 Å². The van der Waals surface area contributed by atoms with Crippen LogP contribution in [0.1, 0.15) is 11.3 Å². The van der Waals surface area contributed by atoms with Crippen LogP contribution in [0.15, 0.2) is 77.4 Å². The lowest BCUT2D eigenvalue weighted by atomic mass is 10.2. The van der Waals surface area contributed by atoms with E-state index in [1.165, 1.54) is 0 Å². The normalized spacial score (nSPS) is 14.6. The molecule has 6 heteroatoms. The van der Waals surface area contributed by atoms with Gasteiger partial charge in [0, 0.05) is 43.4 Å². The lowest BCUT2D eigenvalue weighted by Gasteiger charge is -2.36. The average molecular weight is 424 g/mol. The molecule has 0 saturated carbocycles. The SMILES string of the molecule is O=C(CN1CCN(c2cccc(Cl)c2)CC1)N(Cc1ccccc1)Cc1ccco1. The molecule has 0 N–H and O–H groups in total. The van der Waals surface area contributed by atoms with Crippen LogP contribution in [0.5, 0.6) is 0 Å². The molecule has 2 aromatic carbocycles. The minimum absolute atomic E-state index is 0.117. The first kappa shape index (κ1) is 20.5. The van der Waals surface area contributed by atoms with Crippen molar-refractivity contribution in [2.45, 2.75) is 13.1 Å². The average Bonchev–Trinajstić information content (AvgIpc) is 3.28. The molecule has 1 aliphatic heterocycles. The molecule has 4 rings (SSSR count). The Hall–Kier alpha value is -2.76. The lowest BCUT2D eigenvalue weighted by molar-refractivity contribution is -0.134. The smallest absolute Gasteiger partial charge is 0.237 e. The summed E-state index contributed by atoms with van der Waals surface area (Å²) >= 11 is 6.13. The predicted molar refractivity (Wildman–Crippen MR) is 120 cm³/mol. The van der Waals surface area contributed by atoms with Gasteiger partial charge in [-0.25, -0.2) is 0 Å². The minimum Gasteiger partial charge on any atom is -0.467 e. The summed E-state index contributed by atoms with van der Waals surface area (Å²) in [5.74, 6) is 0.913. The van der Waals surface area contributed by atoms with E-state index in [0.717, 1.165) is 48.2 Å². The van der Waals surface area contributed by atoms with Crippen LogP contribution in [0, 0.1) is 0 Å². The molecule has 0 aliphatic carbocycles. The summed E-state index contributed by atoms with van der Waals surface area (Å²) in [6.45, 7) is 4.91.